The van der Waals surface area contributed by atoms with Crippen LogP contribution in [0, 0.1) is 0 Å². The Hall–Kier alpha value is -1.62. The minimum Gasteiger partial charge on any atom is -0.365 e. The minimum absolute atomic E-state index is 0.314. The van der Waals surface area contributed by atoms with Crippen molar-refractivity contribution in [2.75, 3.05) is 11.4 Å². The van der Waals surface area contributed by atoms with Gasteiger partial charge in [0.1, 0.15) is 5.82 Å². The SMILES string of the molecule is CCCN(c1ncccc1C(N)=O)C1CCC(N)CC1. The van der Waals surface area contributed by atoms with E-state index in [4.69, 9.17) is 11.5 Å². The molecule has 2 rings (SSSR count). The zero-order chi connectivity index (χ0) is 14.5. The third-order valence-corrected chi connectivity index (χ3v) is 3.97. The summed E-state index contributed by atoms with van der Waals surface area (Å²) >= 11 is 0. The van der Waals surface area contributed by atoms with Crippen molar-refractivity contribution in [1.29, 1.82) is 0 Å². The molecular formula is C15H24N4O. The van der Waals surface area contributed by atoms with Crippen LogP contribution in [0.5, 0.6) is 0 Å². The van der Waals surface area contributed by atoms with Crippen LogP contribution in [0.1, 0.15) is 49.4 Å². The Morgan fingerprint density at radius 1 is 1.40 bits per heavy atom. The maximum atomic E-state index is 11.6. The molecule has 5 heteroatoms. The predicted octanol–water partition coefficient (Wildman–Crippen LogP) is 1.67. The number of nitrogens with zero attached hydrogens (tertiary/aromatic N) is 2. The molecule has 1 aromatic heterocycles. The Morgan fingerprint density at radius 3 is 2.70 bits per heavy atom. The zero-order valence-corrected chi connectivity index (χ0v) is 12.1. The number of aromatic nitrogens is 1. The van der Waals surface area contributed by atoms with Crippen molar-refractivity contribution < 1.29 is 4.79 Å². The number of amides is 1. The lowest BCUT2D eigenvalue weighted by Gasteiger charge is -2.37. The van der Waals surface area contributed by atoms with E-state index in [-0.39, 0.29) is 0 Å². The molecule has 0 aliphatic heterocycles. The molecule has 0 spiro atoms. The maximum Gasteiger partial charge on any atom is 0.252 e. The van der Waals surface area contributed by atoms with E-state index in [1.807, 2.05) is 0 Å². The predicted molar refractivity (Wildman–Crippen MR) is 80.6 cm³/mol. The van der Waals surface area contributed by atoms with Crippen molar-refractivity contribution in [2.24, 2.45) is 11.5 Å². The fourth-order valence-corrected chi connectivity index (χ4v) is 2.93. The average molecular weight is 276 g/mol. The second kappa shape index (κ2) is 6.70. The van der Waals surface area contributed by atoms with Crippen LogP contribution in [-0.2, 0) is 0 Å². The van der Waals surface area contributed by atoms with Crippen molar-refractivity contribution in [1.82, 2.24) is 4.98 Å². The molecule has 4 N–H and O–H groups in total. The first-order valence-electron chi connectivity index (χ1n) is 7.40. The van der Waals surface area contributed by atoms with Gasteiger partial charge in [0.15, 0.2) is 0 Å². The molecule has 0 aromatic carbocycles. The van der Waals surface area contributed by atoms with E-state index >= 15 is 0 Å². The first kappa shape index (κ1) is 14.8. The highest BCUT2D eigenvalue weighted by molar-refractivity contribution is 5.97. The molecule has 5 nitrogen and oxygen atoms in total. The summed E-state index contributed by atoms with van der Waals surface area (Å²) < 4.78 is 0. The van der Waals surface area contributed by atoms with Crippen molar-refractivity contribution >= 4 is 11.7 Å². The maximum absolute atomic E-state index is 11.6. The summed E-state index contributed by atoms with van der Waals surface area (Å²) in [7, 11) is 0. The molecule has 1 aliphatic carbocycles. The van der Waals surface area contributed by atoms with Gasteiger partial charge in [-0.1, -0.05) is 6.92 Å². The number of rotatable bonds is 5. The lowest BCUT2D eigenvalue weighted by molar-refractivity contribution is 0.1000. The lowest BCUT2D eigenvalue weighted by Crippen LogP contribution is -2.42. The highest BCUT2D eigenvalue weighted by Crippen LogP contribution is 2.28. The Bertz CT molecular complexity index is 455. The second-order valence-electron chi connectivity index (χ2n) is 5.50. The van der Waals surface area contributed by atoms with Gasteiger partial charge in [-0.25, -0.2) is 4.98 Å². The molecular weight excluding hydrogens is 252 g/mol. The van der Waals surface area contributed by atoms with E-state index in [0.29, 0.717) is 17.6 Å². The third kappa shape index (κ3) is 3.28. The van der Waals surface area contributed by atoms with Crippen LogP contribution in [0.25, 0.3) is 0 Å². The first-order chi connectivity index (χ1) is 9.63. The molecule has 0 bridgehead atoms. The van der Waals surface area contributed by atoms with Gasteiger partial charge in [0.25, 0.3) is 5.91 Å². The Balaban J connectivity index is 2.26. The molecule has 1 heterocycles. The van der Waals surface area contributed by atoms with E-state index in [2.05, 4.69) is 16.8 Å². The topological polar surface area (TPSA) is 85.2 Å². The van der Waals surface area contributed by atoms with E-state index in [1.54, 1.807) is 18.3 Å². The van der Waals surface area contributed by atoms with Crippen LogP contribution in [-0.4, -0.2) is 29.5 Å². The van der Waals surface area contributed by atoms with Gasteiger partial charge in [-0.3, -0.25) is 4.79 Å². The van der Waals surface area contributed by atoms with Crippen LogP contribution in [0.15, 0.2) is 18.3 Å². The summed E-state index contributed by atoms with van der Waals surface area (Å²) in [5.41, 5.74) is 12.0. The molecule has 1 amide bonds. The number of hydrogen-bond acceptors (Lipinski definition) is 4. The molecule has 1 fully saturated rings. The molecule has 1 aliphatic rings. The first-order valence-corrected chi connectivity index (χ1v) is 7.40. The molecule has 0 saturated heterocycles. The van der Waals surface area contributed by atoms with Crippen LogP contribution >= 0.6 is 0 Å². The second-order valence-corrected chi connectivity index (χ2v) is 5.50. The van der Waals surface area contributed by atoms with Gasteiger partial charge < -0.3 is 16.4 Å². The van der Waals surface area contributed by atoms with E-state index in [0.717, 1.165) is 44.5 Å². The number of pyridine rings is 1. The Labute approximate surface area is 120 Å². The summed E-state index contributed by atoms with van der Waals surface area (Å²) in [6, 6.07) is 4.23. The number of primary amides is 1. The monoisotopic (exact) mass is 276 g/mol. The normalized spacial score (nSPS) is 22.5. The fraction of sp³-hybridized carbons (Fsp3) is 0.600. The minimum atomic E-state index is -0.415. The van der Waals surface area contributed by atoms with Crippen LogP contribution in [0.3, 0.4) is 0 Å². The number of carbonyl (C=O) groups is 1. The highest BCUT2D eigenvalue weighted by atomic mass is 16.1. The fourth-order valence-electron chi connectivity index (χ4n) is 2.93. The number of nitrogens with two attached hydrogens (primary N) is 2. The molecule has 110 valence electrons. The van der Waals surface area contributed by atoms with Gasteiger partial charge >= 0.3 is 0 Å². The van der Waals surface area contributed by atoms with Crippen LogP contribution < -0.4 is 16.4 Å². The Kier molecular flexibility index (Phi) is 4.95. The van der Waals surface area contributed by atoms with Gasteiger partial charge in [0, 0.05) is 24.8 Å². The standard InChI is InChI=1S/C15H24N4O/c1-2-10-19(12-7-5-11(16)6-8-12)15-13(14(17)20)4-3-9-18-15/h3-4,9,11-12H,2,5-8,10,16H2,1H3,(H2,17,20). The largest absolute Gasteiger partial charge is 0.365 e. The number of hydrogen-bond donors (Lipinski definition) is 2. The Morgan fingerprint density at radius 2 is 2.10 bits per heavy atom. The van der Waals surface area contributed by atoms with Gasteiger partial charge in [-0.15, -0.1) is 0 Å². The lowest BCUT2D eigenvalue weighted by atomic mass is 9.90. The summed E-state index contributed by atoms with van der Waals surface area (Å²) in [6.07, 6.45) is 6.90. The van der Waals surface area contributed by atoms with Gasteiger partial charge in [-0.2, -0.15) is 0 Å². The highest BCUT2D eigenvalue weighted by Gasteiger charge is 2.26. The third-order valence-electron chi connectivity index (χ3n) is 3.97. The number of anilines is 1. The van der Waals surface area contributed by atoms with Crippen LogP contribution in [0.2, 0.25) is 0 Å². The molecule has 0 atom stereocenters. The molecule has 20 heavy (non-hydrogen) atoms. The van der Waals surface area contributed by atoms with E-state index in [1.165, 1.54) is 0 Å². The van der Waals surface area contributed by atoms with E-state index in [9.17, 15) is 4.79 Å². The van der Waals surface area contributed by atoms with Crippen LogP contribution in [0.4, 0.5) is 5.82 Å². The smallest absolute Gasteiger partial charge is 0.252 e. The summed E-state index contributed by atoms with van der Waals surface area (Å²) in [6.45, 7) is 3.02. The van der Waals surface area contributed by atoms with Gasteiger partial charge in [0.05, 0.1) is 5.56 Å². The molecule has 0 unspecified atom stereocenters. The molecule has 1 saturated carbocycles. The van der Waals surface area contributed by atoms with Crippen molar-refractivity contribution in [3.8, 4) is 0 Å². The van der Waals surface area contributed by atoms with Gasteiger partial charge in [0.2, 0.25) is 0 Å². The summed E-state index contributed by atoms with van der Waals surface area (Å²) in [5.74, 6) is 0.309. The molecule has 1 aromatic rings. The van der Waals surface area contributed by atoms with Crippen molar-refractivity contribution in [3.05, 3.63) is 23.9 Å². The summed E-state index contributed by atoms with van der Waals surface area (Å²) in [4.78, 5) is 18.2. The van der Waals surface area contributed by atoms with Gasteiger partial charge in [-0.05, 0) is 44.2 Å². The van der Waals surface area contributed by atoms with Crippen molar-refractivity contribution in [3.63, 3.8) is 0 Å². The molecule has 0 radical (unpaired) electrons. The zero-order valence-electron chi connectivity index (χ0n) is 12.1. The van der Waals surface area contributed by atoms with E-state index < -0.39 is 5.91 Å². The van der Waals surface area contributed by atoms with Crippen molar-refractivity contribution in [2.45, 2.75) is 51.1 Å². The summed E-state index contributed by atoms with van der Waals surface area (Å²) in [5, 5.41) is 0. The number of carbonyl (C=O) groups excluding carboxylic acids is 1. The average Bonchev–Trinajstić information content (AvgIpc) is 2.46. The quantitative estimate of drug-likeness (QED) is 0.856.